The van der Waals surface area contributed by atoms with Crippen LogP contribution in [0.4, 0.5) is 5.69 Å². The molecule has 3 aromatic rings. The van der Waals surface area contributed by atoms with Gasteiger partial charge in [-0.15, -0.1) is 0 Å². The van der Waals surface area contributed by atoms with Gasteiger partial charge in [-0.2, -0.15) is 5.26 Å². The molecule has 0 saturated carbocycles. The lowest BCUT2D eigenvalue weighted by Gasteiger charge is -2.16. The average molecular weight is 317 g/mol. The van der Waals surface area contributed by atoms with Gasteiger partial charge < -0.3 is 9.88 Å². The topological polar surface area (TPSA) is 74.9 Å². The molecule has 0 fully saturated rings. The van der Waals surface area contributed by atoms with E-state index >= 15 is 0 Å². The van der Waals surface area contributed by atoms with E-state index in [1.54, 1.807) is 49.5 Å². The summed E-state index contributed by atoms with van der Waals surface area (Å²) in [6.07, 6.45) is 1.63. The van der Waals surface area contributed by atoms with Gasteiger partial charge in [0.05, 0.1) is 11.6 Å². The Labute approximate surface area is 138 Å². The van der Waals surface area contributed by atoms with Gasteiger partial charge in [0.1, 0.15) is 6.04 Å². The van der Waals surface area contributed by atoms with E-state index in [1.165, 1.54) is 4.57 Å². The molecule has 118 valence electrons. The molecule has 1 atom stereocenters. The SMILES string of the molecule is C[C@H](C(=O)Nc1cccc(C#N)c1)n1ccc2ccccc2c1=O. The molecule has 1 amide bonds. The summed E-state index contributed by atoms with van der Waals surface area (Å²) in [7, 11) is 0. The van der Waals surface area contributed by atoms with Crippen molar-refractivity contribution in [3.05, 3.63) is 76.7 Å². The number of benzene rings is 2. The standard InChI is InChI=1S/C19H15N3O2/c1-13(18(23)21-16-7-4-5-14(11-16)12-20)22-10-9-15-6-2-3-8-17(15)19(22)24/h2-11,13H,1H3,(H,21,23)/t13-/m1/s1. The van der Waals surface area contributed by atoms with E-state index in [1.807, 2.05) is 24.3 Å². The predicted octanol–water partition coefficient (Wildman–Crippen LogP) is 3.07. The smallest absolute Gasteiger partial charge is 0.259 e. The van der Waals surface area contributed by atoms with Crippen LogP contribution in [0.5, 0.6) is 0 Å². The van der Waals surface area contributed by atoms with Crippen LogP contribution in [0.15, 0.2) is 65.6 Å². The molecule has 1 aromatic heterocycles. The number of hydrogen-bond donors (Lipinski definition) is 1. The van der Waals surface area contributed by atoms with Crippen LogP contribution in [0.2, 0.25) is 0 Å². The number of nitrogens with zero attached hydrogens (tertiary/aromatic N) is 2. The van der Waals surface area contributed by atoms with Gasteiger partial charge in [0.2, 0.25) is 5.91 Å². The van der Waals surface area contributed by atoms with Crippen LogP contribution in [0, 0.1) is 11.3 Å². The fraction of sp³-hybridized carbons (Fsp3) is 0.105. The highest BCUT2D eigenvalue weighted by atomic mass is 16.2. The zero-order valence-corrected chi connectivity index (χ0v) is 13.1. The Bertz CT molecular complexity index is 1010. The zero-order chi connectivity index (χ0) is 17.1. The fourth-order valence-electron chi connectivity index (χ4n) is 2.55. The summed E-state index contributed by atoms with van der Waals surface area (Å²) in [5.74, 6) is -0.317. The van der Waals surface area contributed by atoms with Crippen molar-refractivity contribution in [3.8, 4) is 6.07 Å². The largest absolute Gasteiger partial charge is 0.324 e. The highest BCUT2D eigenvalue weighted by Gasteiger charge is 2.17. The second kappa shape index (κ2) is 6.39. The van der Waals surface area contributed by atoms with Crippen LogP contribution in [-0.4, -0.2) is 10.5 Å². The molecular weight excluding hydrogens is 302 g/mol. The van der Waals surface area contributed by atoms with Gasteiger partial charge in [0, 0.05) is 17.3 Å². The first-order chi connectivity index (χ1) is 11.6. The van der Waals surface area contributed by atoms with E-state index in [0.717, 1.165) is 5.39 Å². The number of anilines is 1. The van der Waals surface area contributed by atoms with Gasteiger partial charge in [-0.3, -0.25) is 9.59 Å². The third-order valence-corrected chi connectivity index (χ3v) is 3.90. The van der Waals surface area contributed by atoms with Gasteiger partial charge in [-0.1, -0.05) is 24.3 Å². The zero-order valence-electron chi connectivity index (χ0n) is 13.1. The van der Waals surface area contributed by atoms with Gasteiger partial charge >= 0.3 is 0 Å². The lowest BCUT2D eigenvalue weighted by Crippen LogP contribution is -2.31. The Morgan fingerprint density at radius 3 is 2.75 bits per heavy atom. The van der Waals surface area contributed by atoms with Gasteiger partial charge in [-0.25, -0.2) is 0 Å². The van der Waals surface area contributed by atoms with Crippen molar-refractivity contribution in [1.82, 2.24) is 4.57 Å². The monoisotopic (exact) mass is 317 g/mol. The number of nitriles is 1. The summed E-state index contributed by atoms with van der Waals surface area (Å²) < 4.78 is 1.41. The number of pyridine rings is 1. The molecule has 2 aromatic carbocycles. The van der Waals surface area contributed by atoms with Crippen molar-refractivity contribution in [3.63, 3.8) is 0 Å². The molecule has 0 aliphatic rings. The average Bonchev–Trinajstić information content (AvgIpc) is 2.62. The second-order valence-electron chi connectivity index (χ2n) is 5.47. The highest BCUT2D eigenvalue weighted by molar-refractivity contribution is 5.94. The molecule has 0 bridgehead atoms. The van der Waals surface area contributed by atoms with Crippen LogP contribution in [-0.2, 0) is 4.79 Å². The number of aromatic nitrogens is 1. The number of carbonyl (C=O) groups excluding carboxylic acids is 1. The summed E-state index contributed by atoms with van der Waals surface area (Å²) in [4.78, 5) is 25.0. The third kappa shape index (κ3) is 2.90. The molecule has 1 N–H and O–H groups in total. The predicted molar refractivity (Wildman–Crippen MR) is 92.7 cm³/mol. The number of rotatable bonds is 3. The molecule has 3 rings (SSSR count). The van der Waals surface area contributed by atoms with E-state index in [-0.39, 0.29) is 11.5 Å². The second-order valence-corrected chi connectivity index (χ2v) is 5.47. The Morgan fingerprint density at radius 2 is 1.96 bits per heavy atom. The third-order valence-electron chi connectivity index (χ3n) is 3.90. The molecule has 1 heterocycles. The van der Waals surface area contributed by atoms with Crippen LogP contribution in [0.25, 0.3) is 10.8 Å². The summed E-state index contributed by atoms with van der Waals surface area (Å²) in [5.41, 5.74) is 0.782. The summed E-state index contributed by atoms with van der Waals surface area (Å²) >= 11 is 0. The molecular formula is C19H15N3O2. The van der Waals surface area contributed by atoms with Crippen molar-refractivity contribution in [2.75, 3.05) is 5.32 Å². The van der Waals surface area contributed by atoms with Crippen molar-refractivity contribution < 1.29 is 4.79 Å². The molecule has 0 spiro atoms. The fourth-order valence-corrected chi connectivity index (χ4v) is 2.55. The molecule has 0 saturated heterocycles. The van der Waals surface area contributed by atoms with Gasteiger partial charge in [0.25, 0.3) is 5.56 Å². The minimum atomic E-state index is -0.673. The summed E-state index contributed by atoms with van der Waals surface area (Å²) in [6.45, 7) is 1.67. The normalized spacial score (nSPS) is 11.7. The molecule has 0 unspecified atom stereocenters. The quantitative estimate of drug-likeness (QED) is 0.806. The van der Waals surface area contributed by atoms with Gasteiger partial charge in [-0.05, 0) is 42.6 Å². The Morgan fingerprint density at radius 1 is 1.17 bits per heavy atom. The van der Waals surface area contributed by atoms with E-state index in [9.17, 15) is 9.59 Å². The van der Waals surface area contributed by atoms with E-state index < -0.39 is 6.04 Å². The van der Waals surface area contributed by atoms with E-state index in [2.05, 4.69) is 5.32 Å². The first kappa shape index (κ1) is 15.5. The highest BCUT2D eigenvalue weighted by Crippen LogP contribution is 2.15. The first-order valence-electron chi connectivity index (χ1n) is 7.51. The molecule has 0 radical (unpaired) electrons. The van der Waals surface area contributed by atoms with Crippen molar-refractivity contribution >= 4 is 22.4 Å². The molecule has 5 nitrogen and oxygen atoms in total. The molecule has 0 aliphatic heterocycles. The number of carbonyl (C=O) groups is 1. The van der Waals surface area contributed by atoms with Crippen LogP contribution in [0.1, 0.15) is 18.5 Å². The minimum Gasteiger partial charge on any atom is -0.324 e. The number of nitrogens with one attached hydrogen (secondary N) is 1. The van der Waals surface area contributed by atoms with Crippen LogP contribution >= 0.6 is 0 Å². The Balaban J connectivity index is 1.90. The maximum atomic E-state index is 12.6. The number of fused-ring (bicyclic) bond motifs is 1. The van der Waals surface area contributed by atoms with E-state index in [0.29, 0.717) is 16.6 Å². The van der Waals surface area contributed by atoms with E-state index in [4.69, 9.17) is 5.26 Å². The van der Waals surface area contributed by atoms with Crippen LogP contribution < -0.4 is 10.9 Å². The minimum absolute atomic E-state index is 0.207. The Hall–Kier alpha value is -3.39. The molecule has 24 heavy (non-hydrogen) atoms. The van der Waals surface area contributed by atoms with Crippen molar-refractivity contribution in [2.24, 2.45) is 0 Å². The maximum Gasteiger partial charge on any atom is 0.259 e. The first-order valence-corrected chi connectivity index (χ1v) is 7.51. The number of amides is 1. The summed E-state index contributed by atoms with van der Waals surface area (Å²) in [5, 5.41) is 13.1. The summed E-state index contributed by atoms with van der Waals surface area (Å²) in [6, 6.07) is 17.1. The molecule has 5 heteroatoms. The lowest BCUT2D eigenvalue weighted by atomic mass is 10.1. The Kier molecular flexibility index (Phi) is 4.13. The lowest BCUT2D eigenvalue weighted by molar-refractivity contribution is -0.118. The molecule has 0 aliphatic carbocycles. The van der Waals surface area contributed by atoms with Crippen molar-refractivity contribution in [2.45, 2.75) is 13.0 Å². The number of hydrogen-bond acceptors (Lipinski definition) is 3. The van der Waals surface area contributed by atoms with Crippen LogP contribution in [0.3, 0.4) is 0 Å². The maximum absolute atomic E-state index is 12.6. The van der Waals surface area contributed by atoms with Gasteiger partial charge in [0.15, 0.2) is 0 Å². The van der Waals surface area contributed by atoms with Crippen molar-refractivity contribution in [1.29, 1.82) is 5.26 Å².